The fourth-order valence-corrected chi connectivity index (χ4v) is 4.54. The predicted octanol–water partition coefficient (Wildman–Crippen LogP) is 5.93. The molecule has 4 aromatic rings. The molecule has 36 heavy (non-hydrogen) atoms. The Balaban J connectivity index is 1.44. The van der Waals surface area contributed by atoms with Gasteiger partial charge in [-0.3, -0.25) is 4.90 Å². The highest BCUT2D eigenvalue weighted by molar-refractivity contribution is 5.43. The summed E-state index contributed by atoms with van der Waals surface area (Å²) in [4.78, 5) is 2.29. The Hall–Kier alpha value is -3.48. The first-order chi connectivity index (χ1) is 17.6. The summed E-state index contributed by atoms with van der Waals surface area (Å²) in [5, 5.41) is 15.7. The number of hydrogen-bond acceptors (Lipinski definition) is 4. The Morgan fingerprint density at radius 2 is 1.67 bits per heavy atom. The van der Waals surface area contributed by atoms with Crippen LogP contribution in [0, 0.1) is 18.7 Å². The van der Waals surface area contributed by atoms with E-state index < -0.39 is 11.9 Å². The predicted molar refractivity (Wildman–Crippen MR) is 139 cm³/mol. The lowest BCUT2D eigenvalue weighted by molar-refractivity contribution is 0.105. The number of nitrogens with zero attached hydrogens (tertiary/aromatic N) is 3. The minimum Gasteiger partial charge on any atom is -0.435 e. The van der Waals surface area contributed by atoms with Crippen molar-refractivity contribution >= 4 is 0 Å². The molecule has 1 fully saturated rings. The SMILES string of the molecule is Cc1nn(-c2ccccc2)c(Oc2ccccc2F)c1CN(CC1CC1)C[C@@H](O)Cc1ccccc1. The van der Waals surface area contributed by atoms with Crippen molar-refractivity contribution in [2.45, 2.75) is 38.8 Å². The fraction of sp³-hybridized carbons (Fsp3) is 0.300. The number of rotatable bonds is 11. The summed E-state index contributed by atoms with van der Waals surface area (Å²) < 4.78 is 22.5. The molecular formula is C30H32FN3O2. The van der Waals surface area contributed by atoms with E-state index in [1.807, 2.05) is 67.6 Å². The third-order valence-electron chi connectivity index (χ3n) is 6.56. The molecule has 5 nitrogen and oxygen atoms in total. The lowest BCUT2D eigenvalue weighted by Crippen LogP contribution is -2.35. The van der Waals surface area contributed by atoms with Gasteiger partial charge in [0.2, 0.25) is 5.88 Å². The van der Waals surface area contributed by atoms with Crippen LogP contribution in [0.15, 0.2) is 84.9 Å². The van der Waals surface area contributed by atoms with E-state index in [-0.39, 0.29) is 5.75 Å². The van der Waals surface area contributed by atoms with Crippen molar-refractivity contribution < 1.29 is 14.2 Å². The molecule has 1 aliphatic rings. The van der Waals surface area contributed by atoms with Gasteiger partial charge in [-0.15, -0.1) is 0 Å². The Morgan fingerprint density at radius 1 is 1.00 bits per heavy atom. The molecule has 1 aromatic heterocycles. The van der Waals surface area contributed by atoms with Crippen molar-refractivity contribution in [1.82, 2.24) is 14.7 Å². The zero-order valence-corrected chi connectivity index (χ0v) is 20.6. The van der Waals surface area contributed by atoms with E-state index in [1.165, 1.54) is 18.9 Å². The van der Waals surface area contributed by atoms with Crippen LogP contribution in [0.1, 0.15) is 29.7 Å². The van der Waals surface area contributed by atoms with Gasteiger partial charge in [-0.25, -0.2) is 9.07 Å². The molecule has 1 atom stereocenters. The summed E-state index contributed by atoms with van der Waals surface area (Å²) in [5.41, 5.74) is 3.68. The second-order valence-corrected chi connectivity index (χ2v) is 9.63. The van der Waals surface area contributed by atoms with Crippen LogP contribution in [-0.4, -0.2) is 39.0 Å². The lowest BCUT2D eigenvalue weighted by atomic mass is 10.1. The van der Waals surface area contributed by atoms with E-state index in [2.05, 4.69) is 4.90 Å². The van der Waals surface area contributed by atoms with Gasteiger partial charge >= 0.3 is 0 Å². The summed E-state index contributed by atoms with van der Waals surface area (Å²) in [7, 11) is 0. The van der Waals surface area contributed by atoms with Gasteiger partial charge in [-0.1, -0.05) is 60.7 Å². The number of benzene rings is 3. The molecule has 0 unspecified atom stereocenters. The van der Waals surface area contributed by atoms with Crippen LogP contribution in [0.5, 0.6) is 11.6 Å². The maximum Gasteiger partial charge on any atom is 0.227 e. The molecule has 6 heteroatoms. The Kier molecular flexibility index (Phi) is 7.44. The van der Waals surface area contributed by atoms with Gasteiger partial charge in [0.15, 0.2) is 11.6 Å². The lowest BCUT2D eigenvalue weighted by Gasteiger charge is -2.25. The first-order valence-corrected chi connectivity index (χ1v) is 12.6. The van der Waals surface area contributed by atoms with Crippen LogP contribution in [0.25, 0.3) is 5.69 Å². The number of aromatic nitrogens is 2. The van der Waals surface area contributed by atoms with Crippen molar-refractivity contribution in [3.8, 4) is 17.3 Å². The van der Waals surface area contributed by atoms with Crippen molar-refractivity contribution in [2.75, 3.05) is 13.1 Å². The Bertz CT molecular complexity index is 1270. The van der Waals surface area contributed by atoms with Crippen molar-refractivity contribution in [1.29, 1.82) is 0 Å². The van der Waals surface area contributed by atoms with Gasteiger partial charge in [0.1, 0.15) is 0 Å². The third kappa shape index (κ3) is 6.01. The van der Waals surface area contributed by atoms with E-state index in [0.29, 0.717) is 31.3 Å². The maximum absolute atomic E-state index is 14.6. The van der Waals surface area contributed by atoms with Crippen LogP contribution in [0.4, 0.5) is 4.39 Å². The third-order valence-corrected chi connectivity index (χ3v) is 6.56. The van der Waals surface area contributed by atoms with Gasteiger partial charge in [-0.05, 0) is 61.9 Å². The number of hydrogen-bond donors (Lipinski definition) is 1. The summed E-state index contributed by atoms with van der Waals surface area (Å²) in [6, 6.07) is 26.2. The average molecular weight is 486 g/mol. The van der Waals surface area contributed by atoms with E-state index in [4.69, 9.17) is 9.84 Å². The Morgan fingerprint density at radius 3 is 2.36 bits per heavy atom. The minimum atomic E-state index is -0.494. The molecule has 0 radical (unpaired) electrons. The second-order valence-electron chi connectivity index (χ2n) is 9.63. The highest BCUT2D eigenvalue weighted by Gasteiger charge is 2.28. The summed E-state index contributed by atoms with van der Waals surface area (Å²) in [5.74, 6) is 0.889. The van der Waals surface area contributed by atoms with Gasteiger partial charge in [0.05, 0.1) is 23.0 Å². The number of halogens is 1. The van der Waals surface area contributed by atoms with E-state index in [1.54, 1.807) is 22.9 Å². The molecule has 3 aromatic carbocycles. The van der Waals surface area contributed by atoms with Crippen LogP contribution in [0.2, 0.25) is 0 Å². The average Bonchev–Trinajstić information content (AvgIpc) is 3.65. The van der Waals surface area contributed by atoms with Gasteiger partial charge < -0.3 is 9.84 Å². The van der Waals surface area contributed by atoms with Crippen molar-refractivity contribution in [2.24, 2.45) is 5.92 Å². The molecule has 1 N–H and O–H groups in total. The van der Waals surface area contributed by atoms with E-state index in [9.17, 15) is 9.50 Å². The summed E-state index contributed by atoms with van der Waals surface area (Å²) in [6.07, 6.45) is 2.53. The largest absolute Gasteiger partial charge is 0.435 e. The maximum atomic E-state index is 14.6. The van der Waals surface area contributed by atoms with E-state index >= 15 is 0 Å². The van der Waals surface area contributed by atoms with Crippen LogP contribution in [-0.2, 0) is 13.0 Å². The first kappa shape index (κ1) is 24.2. The molecule has 0 bridgehead atoms. The van der Waals surface area contributed by atoms with Crippen LogP contribution >= 0.6 is 0 Å². The van der Waals surface area contributed by atoms with Crippen LogP contribution < -0.4 is 4.74 Å². The number of aryl methyl sites for hydroxylation is 1. The normalized spacial score (nSPS) is 14.2. The molecule has 0 amide bonds. The first-order valence-electron chi connectivity index (χ1n) is 12.6. The zero-order valence-electron chi connectivity index (χ0n) is 20.6. The molecule has 1 saturated carbocycles. The zero-order chi connectivity index (χ0) is 24.9. The standard InChI is InChI=1S/C30H32FN3O2/c1-22-27(21-33(19-24-16-17-24)20-26(35)18-23-10-4-2-5-11-23)30(36-29-15-9-8-14-28(29)31)34(32-22)25-12-6-3-7-13-25/h2-15,24,26,35H,16-21H2,1H3/t26-/m0/s1. The smallest absolute Gasteiger partial charge is 0.227 e. The summed E-state index contributed by atoms with van der Waals surface area (Å²) in [6.45, 7) is 3.96. The van der Waals surface area contributed by atoms with Crippen LogP contribution in [0.3, 0.4) is 0 Å². The van der Waals surface area contributed by atoms with E-state index in [0.717, 1.165) is 29.1 Å². The molecule has 1 heterocycles. The molecule has 1 aliphatic carbocycles. The number of aliphatic hydroxyl groups is 1. The molecule has 186 valence electrons. The quantitative estimate of drug-likeness (QED) is 0.286. The highest BCUT2D eigenvalue weighted by Crippen LogP contribution is 2.35. The molecule has 5 rings (SSSR count). The Labute approximate surface area is 211 Å². The fourth-order valence-electron chi connectivity index (χ4n) is 4.54. The second kappa shape index (κ2) is 11.1. The van der Waals surface area contributed by atoms with Gasteiger partial charge in [0.25, 0.3) is 0 Å². The molecule has 0 saturated heterocycles. The molecule has 0 aliphatic heterocycles. The number of ether oxygens (including phenoxy) is 1. The van der Waals surface area contributed by atoms with Gasteiger partial charge in [-0.2, -0.15) is 5.10 Å². The molecular weight excluding hydrogens is 453 g/mol. The topological polar surface area (TPSA) is 50.5 Å². The monoisotopic (exact) mass is 485 g/mol. The number of para-hydroxylation sites is 2. The summed E-state index contributed by atoms with van der Waals surface area (Å²) >= 11 is 0. The van der Waals surface area contributed by atoms with Crippen molar-refractivity contribution in [3.63, 3.8) is 0 Å². The highest BCUT2D eigenvalue weighted by atomic mass is 19.1. The van der Waals surface area contributed by atoms with Crippen molar-refractivity contribution in [3.05, 3.63) is 108 Å². The minimum absolute atomic E-state index is 0.161. The number of aliphatic hydroxyl groups excluding tert-OH is 1. The molecule has 0 spiro atoms. The van der Waals surface area contributed by atoms with Gasteiger partial charge in [0, 0.05) is 19.6 Å².